The van der Waals surface area contributed by atoms with Crippen LogP contribution in [0.5, 0.6) is 11.6 Å². The molecule has 34 heavy (non-hydrogen) atoms. The normalized spacial score (nSPS) is 11.1. The number of benzene rings is 2. The molecular weight excluding hydrogens is 449 g/mol. The van der Waals surface area contributed by atoms with Gasteiger partial charge in [0.1, 0.15) is 17.9 Å². The van der Waals surface area contributed by atoms with Crippen molar-refractivity contribution in [2.24, 2.45) is 0 Å². The molecule has 2 N–H and O–H groups in total. The van der Waals surface area contributed by atoms with Crippen molar-refractivity contribution in [1.29, 1.82) is 0 Å². The van der Waals surface area contributed by atoms with Crippen molar-refractivity contribution < 1.29 is 27.5 Å². The first-order valence-electron chi connectivity index (χ1n) is 10.6. The zero-order chi connectivity index (χ0) is 24.6. The molecular formula is C24H23F3N4O3. The van der Waals surface area contributed by atoms with Gasteiger partial charge in [-0.05, 0) is 48.4 Å². The van der Waals surface area contributed by atoms with E-state index in [0.717, 1.165) is 25.0 Å². The molecule has 0 saturated carbocycles. The number of nitrogens with one attached hydrogen (secondary N) is 2. The molecule has 0 fully saturated rings. The van der Waals surface area contributed by atoms with Crippen molar-refractivity contribution in [3.63, 3.8) is 0 Å². The number of halogens is 3. The maximum Gasteiger partial charge on any atom is 0.416 e. The third-order valence-corrected chi connectivity index (χ3v) is 4.67. The predicted molar refractivity (Wildman–Crippen MR) is 120 cm³/mol. The fourth-order valence-corrected chi connectivity index (χ4v) is 2.94. The van der Waals surface area contributed by atoms with E-state index in [4.69, 9.17) is 4.74 Å². The fourth-order valence-electron chi connectivity index (χ4n) is 2.94. The van der Waals surface area contributed by atoms with Gasteiger partial charge < -0.3 is 15.4 Å². The number of ether oxygens (including phenoxy) is 1. The Balaban J connectivity index is 1.53. The van der Waals surface area contributed by atoms with E-state index in [1.165, 1.54) is 24.5 Å². The number of anilines is 2. The molecule has 2 amide bonds. The number of carbonyl (C=O) groups excluding carboxylic acids is 2. The minimum atomic E-state index is -4.42. The second kappa shape index (κ2) is 11.3. The highest BCUT2D eigenvalue weighted by atomic mass is 19.4. The van der Waals surface area contributed by atoms with Gasteiger partial charge in [-0.15, -0.1) is 0 Å². The lowest BCUT2D eigenvalue weighted by Gasteiger charge is -2.10. The average molecular weight is 472 g/mol. The molecule has 10 heteroatoms. The Morgan fingerprint density at radius 2 is 1.65 bits per heavy atom. The third kappa shape index (κ3) is 7.58. The van der Waals surface area contributed by atoms with Crippen molar-refractivity contribution in [3.8, 4) is 11.6 Å². The van der Waals surface area contributed by atoms with Crippen molar-refractivity contribution in [1.82, 2.24) is 9.97 Å². The zero-order valence-electron chi connectivity index (χ0n) is 18.4. The summed E-state index contributed by atoms with van der Waals surface area (Å²) >= 11 is 0. The van der Waals surface area contributed by atoms with Crippen molar-refractivity contribution >= 4 is 23.3 Å². The number of rotatable bonds is 9. The van der Waals surface area contributed by atoms with E-state index in [0.29, 0.717) is 29.2 Å². The van der Waals surface area contributed by atoms with Crippen LogP contribution >= 0.6 is 0 Å². The van der Waals surface area contributed by atoms with E-state index in [9.17, 15) is 22.8 Å². The Labute approximate surface area is 194 Å². The van der Waals surface area contributed by atoms with Crippen LogP contribution in [-0.4, -0.2) is 21.8 Å². The van der Waals surface area contributed by atoms with Gasteiger partial charge in [0.25, 0.3) is 0 Å². The summed E-state index contributed by atoms with van der Waals surface area (Å²) in [6, 6.07) is 12.4. The van der Waals surface area contributed by atoms with Crippen LogP contribution in [0.15, 0.2) is 60.9 Å². The molecule has 3 aromatic rings. The van der Waals surface area contributed by atoms with Crippen molar-refractivity contribution in [2.45, 2.75) is 38.8 Å². The Kier molecular flexibility index (Phi) is 8.18. The van der Waals surface area contributed by atoms with Gasteiger partial charge in [-0.1, -0.05) is 25.5 Å². The molecule has 0 atom stereocenters. The summed E-state index contributed by atoms with van der Waals surface area (Å²) in [5.74, 6) is 0.511. The lowest BCUT2D eigenvalue weighted by Crippen LogP contribution is -2.14. The third-order valence-electron chi connectivity index (χ3n) is 4.67. The van der Waals surface area contributed by atoms with Crippen LogP contribution in [0.1, 0.15) is 37.3 Å². The molecule has 1 heterocycles. The first kappa shape index (κ1) is 24.7. The molecule has 0 aliphatic rings. The summed E-state index contributed by atoms with van der Waals surface area (Å²) in [6.45, 7) is 2.00. The van der Waals surface area contributed by atoms with Gasteiger partial charge in [0.05, 0.1) is 12.0 Å². The number of nitrogens with zero attached hydrogens (tertiary/aromatic N) is 2. The molecule has 1 aromatic heterocycles. The Bertz CT molecular complexity index is 1120. The second-order valence-electron chi connectivity index (χ2n) is 7.44. The van der Waals surface area contributed by atoms with Gasteiger partial charge in [-0.3, -0.25) is 9.59 Å². The molecule has 0 spiro atoms. The summed E-state index contributed by atoms with van der Waals surface area (Å²) in [5, 5.41) is 5.37. The summed E-state index contributed by atoms with van der Waals surface area (Å²) in [5.41, 5.74) is 0.199. The van der Waals surface area contributed by atoms with Crippen molar-refractivity contribution in [2.75, 3.05) is 10.6 Å². The Hall–Kier alpha value is -3.95. The quantitative estimate of drug-likeness (QED) is 0.423. The maximum absolute atomic E-state index is 12.6. The van der Waals surface area contributed by atoms with Gasteiger partial charge in [0, 0.05) is 18.2 Å². The largest absolute Gasteiger partial charge is 0.439 e. The first-order chi connectivity index (χ1) is 16.2. The molecule has 2 aromatic carbocycles. The SMILES string of the molecule is CCCCC(=O)Nc1cc(Oc2ccc(NC(=O)Cc3ccc(C(F)(F)F)cc3)cc2)ncn1. The van der Waals surface area contributed by atoms with E-state index >= 15 is 0 Å². The Morgan fingerprint density at radius 3 is 2.29 bits per heavy atom. The molecule has 0 aliphatic carbocycles. The molecule has 0 unspecified atom stereocenters. The summed E-state index contributed by atoms with van der Waals surface area (Å²) in [4.78, 5) is 32.1. The van der Waals surface area contributed by atoms with Gasteiger partial charge in [0.2, 0.25) is 17.7 Å². The van der Waals surface area contributed by atoms with Gasteiger partial charge in [-0.25, -0.2) is 9.97 Å². The fraction of sp³-hybridized carbons (Fsp3) is 0.250. The number of hydrogen-bond acceptors (Lipinski definition) is 5. The highest BCUT2D eigenvalue weighted by Crippen LogP contribution is 2.29. The van der Waals surface area contributed by atoms with Crippen molar-refractivity contribution in [3.05, 3.63) is 72.1 Å². The number of alkyl halides is 3. The average Bonchev–Trinajstić information content (AvgIpc) is 2.79. The lowest BCUT2D eigenvalue weighted by molar-refractivity contribution is -0.137. The number of aromatic nitrogens is 2. The van der Waals surface area contributed by atoms with E-state index in [2.05, 4.69) is 20.6 Å². The van der Waals surface area contributed by atoms with Crippen LogP contribution in [0.4, 0.5) is 24.7 Å². The molecule has 0 aliphatic heterocycles. The van der Waals surface area contributed by atoms with Gasteiger partial charge >= 0.3 is 6.18 Å². The predicted octanol–water partition coefficient (Wildman–Crippen LogP) is 5.60. The van der Waals surface area contributed by atoms with Gasteiger partial charge in [0.15, 0.2) is 0 Å². The van der Waals surface area contributed by atoms with E-state index < -0.39 is 11.7 Å². The molecule has 0 saturated heterocycles. The highest BCUT2D eigenvalue weighted by molar-refractivity contribution is 5.92. The van der Waals surface area contributed by atoms with Crippen LogP contribution < -0.4 is 15.4 Å². The molecule has 0 radical (unpaired) electrons. The number of amides is 2. The number of hydrogen-bond donors (Lipinski definition) is 2. The number of carbonyl (C=O) groups is 2. The zero-order valence-corrected chi connectivity index (χ0v) is 18.4. The monoisotopic (exact) mass is 472 g/mol. The highest BCUT2D eigenvalue weighted by Gasteiger charge is 2.29. The summed E-state index contributed by atoms with van der Waals surface area (Å²) in [7, 11) is 0. The Morgan fingerprint density at radius 1 is 0.941 bits per heavy atom. The second-order valence-corrected chi connectivity index (χ2v) is 7.44. The molecule has 178 valence electrons. The van der Waals surface area contributed by atoms with E-state index in [-0.39, 0.29) is 24.1 Å². The summed E-state index contributed by atoms with van der Waals surface area (Å²) < 4.78 is 43.6. The van der Waals surface area contributed by atoms with E-state index in [1.54, 1.807) is 24.3 Å². The number of unbranched alkanes of at least 4 members (excludes halogenated alkanes) is 1. The van der Waals surface area contributed by atoms with Gasteiger partial charge in [-0.2, -0.15) is 13.2 Å². The molecule has 0 bridgehead atoms. The standard InChI is InChI=1S/C24H23F3N4O3/c1-2-3-4-21(32)31-20-14-23(29-15-28-20)34-19-11-9-18(10-12-19)30-22(33)13-16-5-7-17(8-6-16)24(25,26)27/h5-12,14-15H,2-4,13H2,1H3,(H,30,33)(H,28,29,31,32). The topological polar surface area (TPSA) is 93.2 Å². The smallest absolute Gasteiger partial charge is 0.416 e. The lowest BCUT2D eigenvalue weighted by atomic mass is 10.1. The van der Waals surface area contributed by atoms with Crippen LogP contribution in [0.2, 0.25) is 0 Å². The molecule has 7 nitrogen and oxygen atoms in total. The van der Waals surface area contributed by atoms with Crippen LogP contribution in [0.25, 0.3) is 0 Å². The van der Waals surface area contributed by atoms with E-state index in [1.807, 2.05) is 6.92 Å². The van der Waals surface area contributed by atoms with Crippen LogP contribution in [-0.2, 0) is 22.2 Å². The minimum absolute atomic E-state index is 0.0654. The first-order valence-corrected chi connectivity index (χ1v) is 10.6. The molecule has 3 rings (SSSR count). The van der Waals surface area contributed by atoms with Crippen LogP contribution in [0.3, 0.4) is 0 Å². The summed E-state index contributed by atoms with van der Waals surface area (Å²) in [6.07, 6.45) is -1.10. The maximum atomic E-state index is 12.6. The van der Waals surface area contributed by atoms with Crippen LogP contribution in [0, 0.1) is 0 Å². The minimum Gasteiger partial charge on any atom is -0.439 e.